The molecule has 2 aliphatic rings. The zero-order valence-corrected chi connectivity index (χ0v) is 12.5. The molecule has 2 fully saturated rings. The minimum atomic E-state index is 0.178. The van der Waals surface area contributed by atoms with E-state index in [0.717, 1.165) is 45.4 Å². The number of carbonyl (C=O) groups excluding carboxylic acids is 1. The molecule has 4 heteroatoms. The van der Waals surface area contributed by atoms with Crippen molar-refractivity contribution < 1.29 is 4.79 Å². The Hall–Kier alpha value is -0.610. The van der Waals surface area contributed by atoms with E-state index in [1.54, 1.807) is 0 Å². The third kappa shape index (κ3) is 4.46. The number of nitrogens with zero attached hydrogens (tertiary/aromatic N) is 1. The third-order valence-corrected chi connectivity index (χ3v) is 4.42. The number of hydrogen-bond acceptors (Lipinski definition) is 3. The lowest BCUT2D eigenvalue weighted by Crippen LogP contribution is -2.49. The van der Waals surface area contributed by atoms with Gasteiger partial charge in [0.2, 0.25) is 5.91 Å². The average molecular weight is 267 g/mol. The molecule has 0 aromatic rings. The zero-order valence-electron chi connectivity index (χ0n) is 12.5. The van der Waals surface area contributed by atoms with Gasteiger partial charge >= 0.3 is 0 Å². The number of carbonyl (C=O) groups is 1. The van der Waals surface area contributed by atoms with E-state index in [9.17, 15) is 4.79 Å². The van der Waals surface area contributed by atoms with Crippen LogP contribution in [0.1, 0.15) is 39.5 Å². The highest BCUT2D eigenvalue weighted by molar-refractivity contribution is 5.79. The first kappa shape index (κ1) is 14.8. The summed E-state index contributed by atoms with van der Waals surface area (Å²) in [6, 6.07) is 0.401. The van der Waals surface area contributed by atoms with Crippen molar-refractivity contribution in [2.45, 2.75) is 45.6 Å². The third-order valence-electron chi connectivity index (χ3n) is 4.42. The van der Waals surface area contributed by atoms with Crippen molar-refractivity contribution in [2.24, 2.45) is 11.8 Å². The topological polar surface area (TPSA) is 44.4 Å². The first-order valence-electron chi connectivity index (χ1n) is 7.92. The van der Waals surface area contributed by atoms with Crippen LogP contribution in [0.2, 0.25) is 0 Å². The van der Waals surface area contributed by atoms with E-state index >= 15 is 0 Å². The monoisotopic (exact) mass is 267 g/mol. The van der Waals surface area contributed by atoms with Crippen LogP contribution in [0.5, 0.6) is 0 Å². The van der Waals surface area contributed by atoms with Crippen molar-refractivity contribution in [3.05, 3.63) is 0 Å². The Morgan fingerprint density at radius 2 is 2.05 bits per heavy atom. The number of piperidine rings is 2. The quantitative estimate of drug-likeness (QED) is 0.805. The van der Waals surface area contributed by atoms with Gasteiger partial charge in [-0.25, -0.2) is 0 Å². The Balaban J connectivity index is 1.71. The Morgan fingerprint density at radius 3 is 2.68 bits per heavy atom. The van der Waals surface area contributed by atoms with Crippen molar-refractivity contribution in [2.75, 3.05) is 32.7 Å². The molecule has 2 rings (SSSR count). The van der Waals surface area contributed by atoms with E-state index in [1.165, 1.54) is 13.0 Å². The summed E-state index contributed by atoms with van der Waals surface area (Å²) in [5.41, 5.74) is 0. The van der Waals surface area contributed by atoms with E-state index in [0.29, 0.717) is 12.0 Å². The molecule has 2 unspecified atom stereocenters. The molecule has 0 bridgehead atoms. The summed E-state index contributed by atoms with van der Waals surface area (Å²) in [6.45, 7) is 9.83. The SMILES string of the molecule is CCCN1CCC(NC(=O)C2CNCC(C)C2)CC1. The molecule has 0 aromatic carbocycles. The first-order chi connectivity index (χ1) is 9.19. The fourth-order valence-electron chi connectivity index (χ4n) is 3.29. The molecule has 0 spiro atoms. The lowest BCUT2D eigenvalue weighted by Gasteiger charge is -2.34. The molecule has 1 amide bonds. The van der Waals surface area contributed by atoms with Gasteiger partial charge in [0.25, 0.3) is 0 Å². The van der Waals surface area contributed by atoms with Crippen molar-refractivity contribution in [1.82, 2.24) is 15.5 Å². The lowest BCUT2D eigenvalue weighted by molar-refractivity contribution is -0.127. The molecule has 2 heterocycles. The Bertz CT molecular complexity index is 287. The Labute approximate surface area is 117 Å². The summed E-state index contributed by atoms with van der Waals surface area (Å²) < 4.78 is 0. The summed E-state index contributed by atoms with van der Waals surface area (Å²) in [6.07, 6.45) is 4.49. The lowest BCUT2D eigenvalue weighted by atomic mass is 9.90. The van der Waals surface area contributed by atoms with Crippen LogP contribution in [0.3, 0.4) is 0 Å². The predicted octanol–water partition coefficient (Wildman–Crippen LogP) is 1.22. The van der Waals surface area contributed by atoms with Gasteiger partial charge in [-0.2, -0.15) is 0 Å². The van der Waals surface area contributed by atoms with Gasteiger partial charge in [0.05, 0.1) is 5.92 Å². The van der Waals surface area contributed by atoms with Gasteiger partial charge in [-0.05, 0) is 44.7 Å². The Morgan fingerprint density at radius 1 is 1.32 bits per heavy atom. The fourth-order valence-corrected chi connectivity index (χ4v) is 3.29. The summed E-state index contributed by atoms with van der Waals surface area (Å²) in [4.78, 5) is 14.8. The van der Waals surface area contributed by atoms with Crippen molar-refractivity contribution >= 4 is 5.91 Å². The molecule has 2 N–H and O–H groups in total. The largest absolute Gasteiger partial charge is 0.353 e. The summed E-state index contributed by atoms with van der Waals surface area (Å²) in [7, 11) is 0. The average Bonchev–Trinajstić information content (AvgIpc) is 2.41. The maximum absolute atomic E-state index is 12.3. The highest BCUT2D eigenvalue weighted by Gasteiger charge is 2.27. The highest BCUT2D eigenvalue weighted by atomic mass is 16.2. The summed E-state index contributed by atoms with van der Waals surface area (Å²) in [5, 5.41) is 6.62. The molecule has 2 aliphatic heterocycles. The summed E-state index contributed by atoms with van der Waals surface area (Å²) >= 11 is 0. The molecule has 4 nitrogen and oxygen atoms in total. The molecule has 0 aromatic heterocycles. The molecule has 2 atom stereocenters. The first-order valence-corrected chi connectivity index (χ1v) is 7.92. The van der Waals surface area contributed by atoms with E-state index in [1.807, 2.05) is 0 Å². The van der Waals surface area contributed by atoms with Gasteiger partial charge < -0.3 is 15.5 Å². The van der Waals surface area contributed by atoms with Crippen LogP contribution < -0.4 is 10.6 Å². The molecule has 19 heavy (non-hydrogen) atoms. The van der Waals surface area contributed by atoms with Gasteiger partial charge in [-0.1, -0.05) is 13.8 Å². The van der Waals surface area contributed by atoms with Crippen LogP contribution in [0.15, 0.2) is 0 Å². The Kier molecular flexibility index (Phi) is 5.64. The van der Waals surface area contributed by atoms with Gasteiger partial charge in [0.1, 0.15) is 0 Å². The van der Waals surface area contributed by atoms with Gasteiger partial charge in [0.15, 0.2) is 0 Å². The number of hydrogen-bond donors (Lipinski definition) is 2. The minimum Gasteiger partial charge on any atom is -0.353 e. The maximum Gasteiger partial charge on any atom is 0.224 e. The van der Waals surface area contributed by atoms with Crippen LogP contribution in [0, 0.1) is 11.8 Å². The van der Waals surface area contributed by atoms with Crippen molar-refractivity contribution in [3.63, 3.8) is 0 Å². The van der Waals surface area contributed by atoms with E-state index < -0.39 is 0 Å². The second kappa shape index (κ2) is 7.25. The predicted molar refractivity (Wildman–Crippen MR) is 78.0 cm³/mol. The van der Waals surface area contributed by atoms with Crippen LogP contribution >= 0.6 is 0 Å². The summed E-state index contributed by atoms with van der Waals surface area (Å²) in [5.74, 6) is 1.07. The molecule has 0 saturated carbocycles. The second-order valence-corrected chi connectivity index (χ2v) is 6.32. The maximum atomic E-state index is 12.3. The van der Waals surface area contributed by atoms with Gasteiger partial charge in [0, 0.05) is 25.7 Å². The van der Waals surface area contributed by atoms with E-state index in [2.05, 4.69) is 29.4 Å². The van der Waals surface area contributed by atoms with Gasteiger partial charge in [-0.15, -0.1) is 0 Å². The fraction of sp³-hybridized carbons (Fsp3) is 0.933. The molecule has 2 saturated heterocycles. The molecule has 0 radical (unpaired) electrons. The number of likely N-dealkylation sites (tertiary alicyclic amines) is 1. The number of amides is 1. The normalized spacial score (nSPS) is 30.2. The van der Waals surface area contributed by atoms with Crippen LogP contribution in [0.4, 0.5) is 0 Å². The number of nitrogens with one attached hydrogen (secondary N) is 2. The minimum absolute atomic E-state index is 0.178. The van der Waals surface area contributed by atoms with Crippen molar-refractivity contribution in [3.8, 4) is 0 Å². The van der Waals surface area contributed by atoms with Crippen LogP contribution in [-0.2, 0) is 4.79 Å². The molecular formula is C15H29N3O. The smallest absolute Gasteiger partial charge is 0.224 e. The second-order valence-electron chi connectivity index (χ2n) is 6.32. The zero-order chi connectivity index (χ0) is 13.7. The van der Waals surface area contributed by atoms with Crippen molar-refractivity contribution in [1.29, 1.82) is 0 Å². The van der Waals surface area contributed by atoms with Gasteiger partial charge in [-0.3, -0.25) is 4.79 Å². The molecule has 110 valence electrons. The standard InChI is InChI=1S/C15H29N3O/c1-3-6-18-7-4-14(5-8-18)17-15(19)13-9-12(2)10-16-11-13/h12-14,16H,3-11H2,1-2H3,(H,17,19). The molecule has 0 aliphatic carbocycles. The molecular weight excluding hydrogens is 238 g/mol. The highest BCUT2D eigenvalue weighted by Crippen LogP contribution is 2.17. The van der Waals surface area contributed by atoms with Crippen LogP contribution in [-0.4, -0.2) is 49.6 Å². The van der Waals surface area contributed by atoms with Crippen LogP contribution in [0.25, 0.3) is 0 Å². The van der Waals surface area contributed by atoms with E-state index in [4.69, 9.17) is 0 Å². The number of rotatable bonds is 4. The van der Waals surface area contributed by atoms with E-state index in [-0.39, 0.29) is 11.8 Å².